The number of methoxy groups -OCH3 is 1. The van der Waals surface area contributed by atoms with Crippen LogP contribution in [0.2, 0.25) is 0 Å². The van der Waals surface area contributed by atoms with Gasteiger partial charge in [-0.25, -0.2) is 0 Å². The normalized spacial score (nSPS) is 11.4. The largest absolute Gasteiger partial charge is 0.497 e. The second kappa shape index (κ2) is 8.55. The molecular formula is C26H26O. The van der Waals surface area contributed by atoms with Crippen molar-refractivity contribution in [2.24, 2.45) is 5.41 Å². The van der Waals surface area contributed by atoms with Crippen molar-refractivity contribution in [1.82, 2.24) is 0 Å². The first kappa shape index (κ1) is 18.7. The van der Waals surface area contributed by atoms with Gasteiger partial charge in [0.15, 0.2) is 0 Å². The van der Waals surface area contributed by atoms with Crippen molar-refractivity contribution in [2.45, 2.75) is 13.8 Å². The van der Waals surface area contributed by atoms with E-state index in [0.717, 1.165) is 5.75 Å². The van der Waals surface area contributed by atoms with Crippen LogP contribution in [-0.2, 0) is 0 Å². The van der Waals surface area contributed by atoms with Gasteiger partial charge in [-0.1, -0.05) is 105 Å². The van der Waals surface area contributed by atoms with E-state index in [9.17, 15) is 0 Å². The van der Waals surface area contributed by atoms with Crippen molar-refractivity contribution in [1.29, 1.82) is 0 Å². The number of rotatable bonds is 6. The van der Waals surface area contributed by atoms with Gasteiger partial charge >= 0.3 is 0 Å². The second-order valence-electron chi connectivity index (χ2n) is 7.22. The van der Waals surface area contributed by atoms with Crippen LogP contribution in [0.25, 0.3) is 11.6 Å². The molecule has 1 heteroatoms. The quantitative estimate of drug-likeness (QED) is 0.469. The molecule has 0 aliphatic carbocycles. The lowest BCUT2D eigenvalue weighted by Gasteiger charge is -2.19. The third-order valence-corrected chi connectivity index (χ3v) is 4.51. The van der Waals surface area contributed by atoms with Crippen LogP contribution < -0.4 is 4.74 Å². The lowest BCUT2D eigenvalue weighted by molar-refractivity contribution is 0.415. The minimum atomic E-state index is -0.0963. The Bertz CT molecular complexity index is 860. The van der Waals surface area contributed by atoms with E-state index in [4.69, 9.17) is 4.74 Å². The fraction of sp³-hybridized carbons (Fsp3) is 0.154. The van der Waals surface area contributed by atoms with Crippen LogP contribution in [0.15, 0.2) is 97.1 Å². The summed E-state index contributed by atoms with van der Waals surface area (Å²) in [5.41, 5.74) is 4.78. The molecule has 0 saturated carbocycles. The van der Waals surface area contributed by atoms with Crippen LogP contribution in [0.4, 0.5) is 0 Å². The zero-order chi connectivity index (χ0) is 19.1. The minimum absolute atomic E-state index is 0.0963. The zero-order valence-electron chi connectivity index (χ0n) is 16.2. The smallest absolute Gasteiger partial charge is 0.118 e. The molecule has 0 radical (unpaired) electrons. The molecular weight excluding hydrogens is 328 g/mol. The van der Waals surface area contributed by atoms with Crippen LogP contribution >= 0.6 is 0 Å². The van der Waals surface area contributed by atoms with Gasteiger partial charge in [0, 0.05) is 5.41 Å². The standard InChI is InChI=1S/C26H26O/c1-26(2,19-18-21-14-16-24(27-3)17-15-21)20-25(22-10-6-4-7-11-22)23-12-8-5-9-13-23/h4-20H,1-3H3/b19-18+. The molecule has 1 nitrogen and oxygen atoms in total. The molecule has 0 fully saturated rings. The Labute approximate surface area is 162 Å². The first-order valence-electron chi connectivity index (χ1n) is 9.24. The summed E-state index contributed by atoms with van der Waals surface area (Å²) in [6.45, 7) is 4.47. The minimum Gasteiger partial charge on any atom is -0.497 e. The van der Waals surface area contributed by atoms with E-state index in [1.165, 1.54) is 22.3 Å². The average molecular weight is 354 g/mol. The van der Waals surface area contributed by atoms with Crippen molar-refractivity contribution >= 4 is 11.6 Å². The van der Waals surface area contributed by atoms with E-state index in [0.29, 0.717) is 0 Å². The molecule has 0 aliphatic heterocycles. The number of benzene rings is 3. The number of ether oxygens (including phenoxy) is 1. The fourth-order valence-corrected chi connectivity index (χ4v) is 3.01. The summed E-state index contributed by atoms with van der Waals surface area (Å²) in [4.78, 5) is 0. The SMILES string of the molecule is COc1ccc(/C=C/C(C)(C)C=C(c2ccccc2)c2ccccc2)cc1. The Morgan fingerprint density at radius 3 is 1.74 bits per heavy atom. The van der Waals surface area contributed by atoms with Crippen LogP contribution in [0.5, 0.6) is 5.75 Å². The van der Waals surface area contributed by atoms with Crippen LogP contribution in [-0.4, -0.2) is 7.11 Å². The predicted octanol–water partition coefficient (Wildman–Crippen LogP) is 6.87. The number of hydrogen-bond acceptors (Lipinski definition) is 1. The highest BCUT2D eigenvalue weighted by Gasteiger charge is 2.14. The summed E-state index contributed by atoms with van der Waals surface area (Å²) in [7, 11) is 1.69. The van der Waals surface area contributed by atoms with Crippen molar-refractivity contribution in [3.05, 3.63) is 114 Å². The van der Waals surface area contributed by atoms with Crippen molar-refractivity contribution in [2.75, 3.05) is 7.11 Å². The molecule has 3 aromatic rings. The van der Waals surface area contributed by atoms with E-state index in [2.05, 4.69) is 105 Å². The molecule has 0 bridgehead atoms. The molecule has 0 N–H and O–H groups in total. The summed E-state index contributed by atoms with van der Waals surface area (Å²) in [5, 5.41) is 0. The van der Waals surface area contributed by atoms with Gasteiger partial charge in [0.1, 0.15) is 5.75 Å². The third-order valence-electron chi connectivity index (χ3n) is 4.51. The van der Waals surface area contributed by atoms with Gasteiger partial charge in [-0.3, -0.25) is 0 Å². The number of allylic oxidation sites excluding steroid dienone is 2. The molecule has 0 atom stereocenters. The van der Waals surface area contributed by atoms with Gasteiger partial charge in [-0.2, -0.15) is 0 Å². The highest BCUT2D eigenvalue weighted by atomic mass is 16.5. The van der Waals surface area contributed by atoms with Gasteiger partial charge in [-0.15, -0.1) is 0 Å². The monoisotopic (exact) mass is 354 g/mol. The lowest BCUT2D eigenvalue weighted by Crippen LogP contribution is -2.04. The predicted molar refractivity (Wildman–Crippen MR) is 116 cm³/mol. The summed E-state index contributed by atoms with van der Waals surface area (Å²) in [6, 6.07) is 29.3. The Morgan fingerprint density at radius 1 is 0.741 bits per heavy atom. The topological polar surface area (TPSA) is 9.23 Å². The van der Waals surface area contributed by atoms with Crippen LogP contribution in [0, 0.1) is 5.41 Å². The lowest BCUT2D eigenvalue weighted by atomic mass is 9.85. The molecule has 0 saturated heterocycles. The molecule has 0 spiro atoms. The molecule has 27 heavy (non-hydrogen) atoms. The number of hydrogen-bond donors (Lipinski definition) is 0. The molecule has 3 rings (SSSR count). The Balaban J connectivity index is 1.93. The Kier molecular flexibility index (Phi) is 5.93. The second-order valence-corrected chi connectivity index (χ2v) is 7.22. The third kappa shape index (κ3) is 5.21. The Hall–Kier alpha value is -3.06. The molecule has 0 aromatic heterocycles. The van der Waals surface area contributed by atoms with Crippen molar-refractivity contribution < 1.29 is 4.74 Å². The Morgan fingerprint density at radius 2 is 1.26 bits per heavy atom. The van der Waals surface area contributed by atoms with Crippen molar-refractivity contribution in [3.8, 4) is 5.75 Å². The van der Waals surface area contributed by atoms with Gasteiger partial charge in [-0.05, 0) is 34.4 Å². The van der Waals surface area contributed by atoms with Gasteiger partial charge in [0.05, 0.1) is 7.11 Å². The highest BCUT2D eigenvalue weighted by Crippen LogP contribution is 2.31. The molecule has 0 aliphatic rings. The highest BCUT2D eigenvalue weighted by molar-refractivity contribution is 5.80. The van der Waals surface area contributed by atoms with E-state index in [-0.39, 0.29) is 5.41 Å². The van der Waals surface area contributed by atoms with Gasteiger partial charge < -0.3 is 4.74 Å². The van der Waals surface area contributed by atoms with E-state index >= 15 is 0 Å². The maximum Gasteiger partial charge on any atom is 0.118 e. The molecule has 0 heterocycles. The van der Waals surface area contributed by atoms with Gasteiger partial charge in [0.25, 0.3) is 0 Å². The molecule has 0 amide bonds. The molecule has 136 valence electrons. The van der Waals surface area contributed by atoms with Gasteiger partial charge in [0.2, 0.25) is 0 Å². The van der Waals surface area contributed by atoms with E-state index in [1.807, 2.05) is 12.1 Å². The molecule has 3 aromatic carbocycles. The van der Waals surface area contributed by atoms with Crippen LogP contribution in [0.3, 0.4) is 0 Å². The average Bonchev–Trinajstić information content (AvgIpc) is 2.72. The summed E-state index contributed by atoms with van der Waals surface area (Å²) in [6.07, 6.45) is 6.77. The maximum atomic E-state index is 5.23. The van der Waals surface area contributed by atoms with E-state index in [1.54, 1.807) is 7.11 Å². The zero-order valence-corrected chi connectivity index (χ0v) is 16.2. The summed E-state index contributed by atoms with van der Waals surface area (Å²) < 4.78 is 5.23. The fourth-order valence-electron chi connectivity index (χ4n) is 3.01. The maximum absolute atomic E-state index is 5.23. The molecule has 0 unspecified atom stereocenters. The summed E-state index contributed by atoms with van der Waals surface area (Å²) in [5.74, 6) is 0.877. The first-order chi connectivity index (χ1) is 13.1. The first-order valence-corrected chi connectivity index (χ1v) is 9.24. The van der Waals surface area contributed by atoms with Crippen molar-refractivity contribution in [3.63, 3.8) is 0 Å². The van der Waals surface area contributed by atoms with Crippen LogP contribution in [0.1, 0.15) is 30.5 Å². The van der Waals surface area contributed by atoms with E-state index < -0.39 is 0 Å². The summed E-state index contributed by atoms with van der Waals surface area (Å²) >= 11 is 0.